The summed E-state index contributed by atoms with van der Waals surface area (Å²) < 4.78 is 67.9. The maximum atomic E-state index is 13.0. The molecule has 0 spiro atoms. The molecule has 0 bridgehead atoms. The molecular formula is C66H124O17P2. The number of ether oxygens (including phenoxy) is 4. The van der Waals surface area contributed by atoms with E-state index >= 15 is 0 Å². The van der Waals surface area contributed by atoms with Gasteiger partial charge in [-0.2, -0.15) is 0 Å². The summed E-state index contributed by atoms with van der Waals surface area (Å²) in [5.41, 5.74) is 0. The van der Waals surface area contributed by atoms with E-state index in [1.54, 1.807) is 0 Å². The molecule has 3 N–H and O–H groups in total. The number of carbonyl (C=O) groups is 4. The van der Waals surface area contributed by atoms with Crippen molar-refractivity contribution in [1.82, 2.24) is 0 Å². The van der Waals surface area contributed by atoms with E-state index in [2.05, 4.69) is 65.8 Å². The second-order valence-corrected chi connectivity index (χ2v) is 26.8. The standard InChI is InChI=1S/C66H124O17P2/c1-7-10-12-14-16-17-18-19-20-21-22-27-31-38-44-50-65(70)82-61(55-77-64(69)49-43-37-30-26-24-23-25-29-34-40-46-58(4)5)56-80-84(72,73)78-52-60(67)53-79-85(74,75)81-57-62(54-76-63(68)48-42-36-28-15-13-11-8-2)83-66(71)51-45-39-33-32-35-41-47-59(6)9-3/h17-20,58-62,67H,7-16,21-57H2,1-6H3,(H,72,73)(H,74,75)/b18-17-,20-19-/t59?,60-,61-,62-/m1/s1. The number of carbonyl (C=O) groups excluding carboxylic acids is 4. The first-order chi connectivity index (χ1) is 40.9. The van der Waals surface area contributed by atoms with E-state index in [1.807, 2.05) is 0 Å². The Bertz CT molecular complexity index is 1760. The van der Waals surface area contributed by atoms with Gasteiger partial charge in [-0.05, 0) is 63.2 Å². The van der Waals surface area contributed by atoms with Crippen LogP contribution in [0.15, 0.2) is 24.3 Å². The van der Waals surface area contributed by atoms with Gasteiger partial charge in [0.25, 0.3) is 0 Å². The van der Waals surface area contributed by atoms with Crippen molar-refractivity contribution in [2.45, 2.75) is 323 Å². The smallest absolute Gasteiger partial charge is 0.462 e. The van der Waals surface area contributed by atoms with Crippen LogP contribution in [-0.2, 0) is 65.4 Å². The molecule has 0 fully saturated rings. The zero-order valence-electron chi connectivity index (χ0n) is 54.4. The number of aliphatic hydroxyl groups is 1. The predicted molar refractivity (Wildman–Crippen MR) is 340 cm³/mol. The van der Waals surface area contributed by atoms with Gasteiger partial charge in [-0.1, -0.05) is 252 Å². The number of esters is 4. The summed E-state index contributed by atoms with van der Waals surface area (Å²) in [6, 6.07) is 0. The van der Waals surface area contributed by atoms with Crippen LogP contribution in [0.4, 0.5) is 0 Å². The molecule has 0 aliphatic heterocycles. The maximum Gasteiger partial charge on any atom is 0.472 e. The SMILES string of the molecule is CCCCCC/C=C\C=C/CCCCCCCC(=O)O[C@H](COC(=O)CCCCCCCCCCCCC(C)C)COP(=O)(O)OC[C@@H](O)COP(=O)(O)OC[C@@H](COC(=O)CCCCCCCCC)OC(=O)CCCCCCCCC(C)CC. The third kappa shape index (κ3) is 59.0. The third-order valence-corrected chi connectivity index (χ3v) is 16.8. The van der Waals surface area contributed by atoms with E-state index in [4.69, 9.17) is 37.0 Å². The Kier molecular flexibility index (Phi) is 56.3. The fourth-order valence-corrected chi connectivity index (χ4v) is 10.9. The third-order valence-electron chi connectivity index (χ3n) is 14.9. The monoisotopic (exact) mass is 1250 g/mol. The molecule has 19 heteroatoms. The van der Waals surface area contributed by atoms with Gasteiger partial charge < -0.3 is 33.8 Å². The van der Waals surface area contributed by atoms with Crippen molar-refractivity contribution in [3.8, 4) is 0 Å². The first-order valence-corrected chi connectivity index (χ1v) is 36.8. The molecule has 0 rings (SSSR count). The molecule has 0 aliphatic rings. The molecule has 0 saturated heterocycles. The summed E-state index contributed by atoms with van der Waals surface area (Å²) in [6.07, 6.45) is 44.1. The number of rotatable bonds is 63. The van der Waals surface area contributed by atoms with Crippen LogP contribution in [0, 0.1) is 11.8 Å². The summed E-state index contributed by atoms with van der Waals surface area (Å²) in [5, 5.41) is 10.5. The van der Waals surface area contributed by atoms with E-state index in [0.717, 1.165) is 127 Å². The summed E-state index contributed by atoms with van der Waals surface area (Å²) >= 11 is 0. The molecule has 0 saturated carbocycles. The molecule has 0 aliphatic carbocycles. The predicted octanol–water partition coefficient (Wildman–Crippen LogP) is 18.0. The molecular weight excluding hydrogens is 1130 g/mol. The average molecular weight is 1250 g/mol. The van der Waals surface area contributed by atoms with E-state index in [0.29, 0.717) is 25.7 Å². The number of phosphoric ester groups is 2. The Labute approximate surface area is 516 Å². The van der Waals surface area contributed by atoms with Crippen LogP contribution in [0.25, 0.3) is 0 Å². The highest BCUT2D eigenvalue weighted by atomic mass is 31.2. The van der Waals surface area contributed by atoms with Gasteiger partial charge in [0.05, 0.1) is 26.4 Å². The fraction of sp³-hybridized carbons (Fsp3) is 0.879. The van der Waals surface area contributed by atoms with Crippen molar-refractivity contribution in [2.75, 3.05) is 39.6 Å². The van der Waals surface area contributed by atoms with E-state index in [1.165, 1.54) is 96.3 Å². The number of hydrogen-bond acceptors (Lipinski definition) is 15. The Balaban J connectivity index is 5.26. The topological polar surface area (TPSA) is 237 Å². The zero-order chi connectivity index (χ0) is 62.9. The fourth-order valence-electron chi connectivity index (χ4n) is 9.31. The van der Waals surface area contributed by atoms with Crippen LogP contribution >= 0.6 is 15.6 Å². The molecule has 85 heavy (non-hydrogen) atoms. The lowest BCUT2D eigenvalue weighted by Crippen LogP contribution is -2.30. The van der Waals surface area contributed by atoms with Crippen molar-refractivity contribution in [2.24, 2.45) is 11.8 Å². The number of aliphatic hydroxyl groups excluding tert-OH is 1. The minimum absolute atomic E-state index is 0.0844. The van der Waals surface area contributed by atoms with Crippen LogP contribution < -0.4 is 0 Å². The second-order valence-electron chi connectivity index (χ2n) is 23.9. The van der Waals surface area contributed by atoms with Gasteiger partial charge in [0.2, 0.25) is 0 Å². The largest absolute Gasteiger partial charge is 0.472 e. The number of unbranched alkanes of at least 4 members (excludes halogenated alkanes) is 29. The molecule has 3 unspecified atom stereocenters. The molecule has 0 amide bonds. The van der Waals surface area contributed by atoms with Crippen molar-refractivity contribution in [3.63, 3.8) is 0 Å². The Morgan fingerprint density at radius 1 is 0.388 bits per heavy atom. The average Bonchev–Trinajstić information content (AvgIpc) is 3.63. The van der Waals surface area contributed by atoms with Crippen molar-refractivity contribution in [3.05, 3.63) is 24.3 Å². The normalized spacial score (nSPS) is 14.8. The van der Waals surface area contributed by atoms with Crippen molar-refractivity contribution < 1.29 is 80.2 Å². The van der Waals surface area contributed by atoms with E-state index < -0.39 is 97.5 Å². The first-order valence-electron chi connectivity index (χ1n) is 33.8. The number of hydrogen-bond donors (Lipinski definition) is 3. The molecule has 0 heterocycles. The van der Waals surface area contributed by atoms with E-state index in [9.17, 15) is 43.2 Å². The maximum absolute atomic E-state index is 13.0. The molecule has 500 valence electrons. The van der Waals surface area contributed by atoms with Gasteiger partial charge in [0, 0.05) is 25.7 Å². The van der Waals surface area contributed by atoms with Gasteiger partial charge in [0.1, 0.15) is 19.3 Å². The lowest BCUT2D eigenvalue weighted by atomic mass is 10.00. The molecule has 0 aromatic heterocycles. The second kappa shape index (κ2) is 57.9. The zero-order valence-corrected chi connectivity index (χ0v) is 56.2. The summed E-state index contributed by atoms with van der Waals surface area (Å²) in [7, 11) is -9.90. The van der Waals surface area contributed by atoms with Crippen LogP contribution in [0.2, 0.25) is 0 Å². The van der Waals surface area contributed by atoms with Crippen LogP contribution in [0.3, 0.4) is 0 Å². The lowest BCUT2D eigenvalue weighted by Gasteiger charge is -2.21. The van der Waals surface area contributed by atoms with Crippen LogP contribution in [0.1, 0.15) is 305 Å². The van der Waals surface area contributed by atoms with Gasteiger partial charge in [-0.25, -0.2) is 9.13 Å². The quantitative estimate of drug-likeness (QED) is 0.0169. The Morgan fingerprint density at radius 3 is 1.06 bits per heavy atom. The summed E-state index contributed by atoms with van der Waals surface area (Å²) in [4.78, 5) is 72.2. The number of phosphoric acid groups is 2. The highest BCUT2D eigenvalue weighted by molar-refractivity contribution is 7.47. The van der Waals surface area contributed by atoms with Crippen molar-refractivity contribution in [1.29, 1.82) is 0 Å². The Morgan fingerprint density at radius 2 is 0.694 bits per heavy atom. The number of allylic oxidation sites excluding steroid dienone is 4. The minimum Gasteiger partial charge on any atom is -0.462 e. The first kappa shape index (κ1) is 82.5. The molecule has 6 atom stereocenters. The van der Waals surface area contributed by atoms with E-state index in [-0.39, 0.29) is 25.7 Å². The summed E-state index contributed by atoms with van der Waals surface area (Å²) in [6.45, 7) is 9.34. The van der Waals surface area contributed by atoms with Gasteiger partial charge in [0.15, 0.2) is 12.2 Å². The van der Waals surface area contributed by atoms with Crippen molar-refractivity contribution >= 4 is 39.5 Å². The molecule has 17 nitrogen and oxygen atoms in total. The Hall–Kier alpha value is -2.46. The van der Waals surface area contributed by atoms with Crippen LogP contribution in [-0.4, -0.2) is 96.7 Å². The molecule has 0 radical (unpaired) electrons. The van der Waals surface area contributed by atoms with Gasteiger partial charge >= 0.3 is 39.5 Å². The summed E-state index contributed by atoms with van der Waals surface area (Å²) in [5.74, 6) is -0.694. The highest BCUT2D eigenvalue weighted by Crippen LogP contribution is 2.45. The van der Waals surface area contributed by atoms with Gasteiger partial charge in [-0.15, -0.1) is 0 Å². The van der Waals surface area contributed by atoms with Crippen LogP contribution in [0.5, 0.6) is 0 Å². The highest BCUT2D eigenvalue weighted by Gasteiger charge is 2.30. The lowest BCUT2D eigenvalue weighted by molar-refractivity contribution is -0.161. The molecule has 0 aromatic carbocycles. The minimum atomic E-state index is -4.96. The van der Waals surface area contributed by atoms with Gasteiger partial charge in [-0.3, -0.25) is 37.3 Å². The molecule has 0 aromatic rings.